The van der Waals surface area contributed by atoms with Crippen LogP contribution in [-0.4, -0.2) is 14.5 Å². The number of nitrogens with zero attached hydrogens (tertiary/aromatic N) is 3. The Kier molecular flexibility index (Phi) is 2.12. The molecule has 0 aliphatic heterocycles. The molecule has 6 heteroatoms. The summed E-state index contributed by atoms with van der Waals surface area (Å²) in [5.74, 6) is 0. The third kappa shape index (κ3) is 1.45. The summed E-state index contributed by atoms with van der Waals surface area (Å²) >= 11 is 5.82. The lowest BCUT2D eigenvalue weighted by Gasteiger charge is -1.98. The number of hydrogen-bond donors (Lipinski definition) is 0. The zero-order chi connectivity index (χ0) is 11.2. The maximum absolute atomic E-state index is 10.7. The lowest BCUT2D eigenvalue weighted by molar-refractivity contribution is -0.385. The van der Waals surface area contributed by atoms with E-state index in [0.717, 1.165) is 5.52 Å². The fourth-order valence-electron chi connectivity index (χ4n) is 1.50. The highest BCUT2D eigenvalue weighted by Crippen LogP contribution is 2.26. The van der Waals surface area contributed by atoms with E-state index in [0.29, 0.717) is 16.4 Å². The Bertz CT molecular complexity index is 562. The number of fused-ring (bicyclic) bond motifs is 1. The smallest absolute Gasteiger partial charge is 0.274 e. The molecule has 0 spiro atoms. The Morgan fingerprint density at radius 3 is 2.80 bits per heavy atom. The Hall–Kier alpha value is -1.62. The highest BCUT2D eigenvalue weighted by atomic mass is 35.5. The molecule has 0 bridgehead atoms. The van der Waals surface area contributed by atoms with Crippen LogP contribution in [0.2, 0.25) is 5.28 Å². The second kappa shape index (κ2) is 3.20. The Morgan fingerprint density at radius 2 is 2.20 bits per heavy atom. The van der Waals surface area contributed by atoms with Gasteiger partial charge in [-0.25, -0.2) is 4.98 Å². The van der Waals surface area contributed by atoms with Crippen molar-refractivity contribution in [1.82, 2.24) is 9.55 Å². The summed E-state index contributed by atoms with van der Waals surface area (Å²) < 4.78 is 1.69. The minimum Gasteiger partial charge on any atom is -0.318 e. The zero-order valence-electron chi connectivity index (χ0n) is 8.19. The van der Waals surface area contributed by atoms with Crippen LogP contribution in [0, 0.1) is 17.0 Å². The molecule has 0 unspecified atom stereocenters. The van der Waals surface area contributed by atoms with Gasteiger partial charge in [0.15, 0.2) is 0 Å². The molecule has 0 radical (unpaired) electrons. The average molecular weight is 226 g/mol. The predicted octanol–water partition coefficient (Wildman–Crippen LogP) is 2.44. The minimum atomic E-state index is -0.419. The van der Waals surface area contributed by atoms with Gasteiger partial charge in [0, 0.05) is 18.7 Å². The molecule has 0 amide bonds. The van der Waals surface area contributed by atoms with E-state index in [2.05, 4.69) is 4.98 Å². The predicted molar refractivity (Wildman–Crippen MR) is 57.1 cm³/mol. The van der Waals surface area contributed by atoms with E-state index in [1.807, 2.05) is 0 Å². The van der Waals surface area contributed by atoms with Crippen molar-refractivity contribution in [3.63, 3.8) is 0 Å². The normalized spacial score (nSPS) is 10.9. The number of nitro groups is 1. The Labute approximate surface area is 90.4 Å². The largest absolute Gasteiger partial charge is 0.318 e. The van der Waals surface area contributed by atoms with E-state index >= 15 is 0 Å². The van der Waals surface area contributed by atoms with Gasteiger partial charge in [-0.1, -0.05) is 0 Å². The summed E-state index contributed by atoms with van der Waals surface area (Å²) in [5, 5.41) is 11.0. The van der Waals surface area contributed by atoms with E-state index < -0.39 is 4.92 Å². The maximum Gasteiger partial charge on any atom is 0.274 e. The maximum atomic E-state index is 10.7. The molecule has 0 saturated carbocycles. The van der Waals surface area contributed by atoms with Crippen molar-refractivity contribution in [3.8, 4) is 0 Å². The van der Waals surface area contributed by atoms with Gasteiger partial charge >= 0.3 is 0 Å². The molecule has 0 aliphatic carbocycles. The molecular weight excluding hydrogens is 218 g/mol. The molecule has 5 nitrogen and oxygen atoms in total. The van der Waals surface area contributed by atoms with Gasteiger partial charge in [0.25, 0.3) is 5.69 Å². The number of halogens is 1. The van der Waals surface area contributed by atoms with Crippen LogP contribution in [0.1, 0.15) is 5.56 Å². The third-order valence-electron chi connectivity index (χ3n) is 2.34. The Balaban J connectivity index is 2.82. The second-order valence-electron chi connectivity index (χ2n) is 3.32. The van der Waals surface area contributed by atoms with Gasteiger partial charge in [-0.3, -0.25) is 10.1 Å². The molecule has 2 aromatic rings. The molecule has 0 saturated heterocycles. The van der Waals surface area contributed by atoms with Gasteiger partial charge in [0.1, 0.15) is 0 Å². The van der Waals surface area contributed by atoms with E-state index in [4.69, 9.17) is 11.6 Å². The number of imidazole rings is 1. The number of benzene rings is 1. The van der Waals surface area contributed by atoms with Gasteiger partial charge in [0.2, 0.25) is 5.28 Å². The monoisotopic (exact) mass is 225 g/mol. The van der Waals surface area contributed by atoms with Crippen LogP contribution in [0.5, 0.6) is 0 Å². The van der Waals surface area contributed by atoms with Gasteiger partial charge < -0.3 is 4.57 Å². The lowest BCUT2D eigenvalue weighted by atomic mass is 10.2. The van der Waals surface area contributed by atoms with Crippen molar-refractivity contribution < 1.29 is 4.92 Å². The number of hydrogen-bond acceptors (Lipinski definition) is 3. The fourth-order valence-corrected chi connectivity index (χ4v) is 1.68. The standard InChI is InChI=1S/C9H8ClN3O2/c1-5-3-8-6(4-7(5)13(14)15)11-9(10)12(8)2/h3-4H,1-2H3. The van der Waals surface area contributed by atoms with Gasteiger partial charge in [0.05, 0.1) is 16.0 Å². The second-order valence-corrected chi connectivity index (χ2v) is 3.66. The molecule has 1 aromatic carbocycles. The van der Waals surface area contributed by atoms with E-state index in [-0.39, 0.29) is 5.69 Å². The first kappa shape index (κ1) is 9.92. The van der Waals surface area contributed by atoms with Crippen LogP contribution < -0.4 is 0 Å². The molecule has 2 rings (SSSR count). The highest BCUT2D eigenvalue weighted by Gasteiger charge is 2.15. The van der Waals surface area contributed by atoms with Crippen molar-refractivity contribution in [2.75, 3.05) is 0 Å². The molecular formula is C9H8ClN3O2. The summed E-state index contributed by atoms with van der Waals surface area (Å²) in [6, 6.07) is 3.16. The number of rotatable bonds is 1. The average Bonchev–Trinajstić information content (AvgIpc) is 2.43. The van der Waals surface area contributed by atoms with E-state index in [1.54, 1.807) is 24.6 Å². The summed E-state index contributed by atoms with van der Waals surface area (Å²) in [7, 11) is 1.77. The van der Waals surface area contributed by atoms with Crippen LogP contribution >= 0.6 is 11.6 Å². The topological polar surface area (TPSA) is 61.0 Å². The molecule has 1 aromatic heterocycles. The van der Waals surface area contributed by atoms with Crippen LogP contribution in [0.4, 0.5) is 5.69 Å². The van der Waals surface area contributed by atoms with Gasteiger partial charge in [-0.2, -0.15) is 0 Å². The van der Waals surface area contributed by atoms with Crippen molar-refractivity contribution in [3.05, 3.63) is 33.1 Å². The van der Waals surface area contributed by atoms with Crippen LogP contribution in [0.15, 0.2) is 12.1 Å². The molecule has 0 N–H and O–H groups in total. The van der Waals surface area contributed by atoms with Crippen molar-refractivity contribution in [1.29, 1.82) is 0 Å². The highest BCUT2D eigenvalue weighted by molar-refractivity contribution is 6.29. The first-order chi connectivity index (χ1) is 7.00. The summed E-state index contributed by atoms with van der Waals surface area (Å²) in [5.41, 5.74) is 2.01. The quantitative estimate of drug-likeness (QED) is 0.553. The van der Waals surface area contributed by atoms with Crippen LogP contribution in [-0.2, 0) is 7.05 Å². The van der Waals surface area contributed by atoms with Crippen molar-refractivity contribution in [2.24, 2.45) is 7.05 Å². The van der Waals surface area contributed by atoms with Gasteiger partial charge in [-0.15, -0.1) is 0 Å². The molecule has 1 heterocycles. The third-order valence-corrected chi connectivity index (χ3v) is 2.68. The fraction of sp³-hybridized carbons (Fsp3) is 0.222. The van der Waals surface area contributed by atoms with E-state index in [9.17, 15) is 10.1 Å². The lowest BCUT2D eigenvalue weighted by Crippen LogP contribution is -1.92. The SMILES string of the molecule is Cc1cc2c(cc1[N+](=O)[O-])nc(Cl)n2C. The summed E-state index contributed by atoms with van der Waals surface area (Å²) in [6.07, 6.45) is 0. The number of aromatic nitrogens is 2. The molecule has 15 heavy (non-hydrogen) atoms. The van der Waals surface area contributed by atoms with Crippen molar-refractivity contribution in [2.45, 2.75) is 6.92 Å². The number of nitro benzene ring substituents is 1. The zero-order valence-corrected chi connectivity index (χ0v) is 8.95. The first-order valence-corrected chi connectivity index (χ1v) is 4.65. The van der Waals surface area contributed by atoms with E-state index in [1.165, 1.54) is 6.07 Å². The first-order valence-electron chi connectivity index (χ1n) is 4.27. The minimum absolute atomic E-state index is 0.0669. The van der Waals surface area contributed by atoms with Crippen molar-refractivity contribution >= 4 is 28.3 Å². The van der Waals surface area contributed by atoms with Gasteiger partial charge in [-0.05, 0) is 24.6 Å². The summed E-state index contributed by atoms with van der Waals surface area (Å²) in [4.78, 5) is 14.3. The summed E-state index contributed by atoms with van der Waals surface area (Å²) in [6.45, 7) is 1.69. The molecule has 0 atom stereocenters. The molecule has 78 valence electrons. The molecule has 0 aliphatic rings. The van der Waals surface area contributed by atoms with Crippen LogP contribution in [0.3, 0.4) is 0 Å². The number of aryl methyl sites for hydroxylation is 2. The van der Waals surface area contributed by atoms with Crippen LogP contribution in [0.25, 0.3) is 11.0 Å². The Morgan fingerprint density at radius 1 is 1.53 bits per heavy atom. The molecule has 0 fully saturated rings.